The minimum atomic E-state index is -0.384. The number of aromatic nitrogens is 1. The Morgan fingerprint density at radius 2 is 2.10 bits per heavy atom. The zero-order valence-corrected chi connectivity index (χ0v) is 12.5. The molecule has 0 radical (unpaired) electrons. The smallest absolute Gasteiger partial charge is 0.266 e. The fourth-order valence-electron chi connectivity index (χ4n) is 3.07. The van der Waals surface area contributed by atoms with Crippen LogP contribution in [-0.4, -0.2) is 56.3 Å². The molecule has 2 aliphatic heterocycles. The summed E-state index contributed by atoms with van der Waals surface area (Å²) in [6.07, 6.45) is 2.03. The standard InChI is InChI=1S/C15H22N4O2/c1-2-18-8-10-19(11-9-18)7-5-13-15(20)17-14-12(21-13)4-3-6-16-14/h3-4,6,13H,2,5,7-11H2,1H3,(H,16,17,20)/p+2/t13-/m0/s1. The van der Waals surface area contributed by atoms with Crippen LogP contribution in [0.15, 0.2) is 18.3 Å². The Morgan fingerprint density at radius 1 is 1.33 bits per heavy atom. The van der Waals surface area contributed by atoms with Crippen molar-refractivity contribution in [1.82, 2.24) is 4.98 Å². The molecule has 0 aromatic carbocycles. The summed E-state index contributed by atoms with van der Waals surface area (Å²) >= 11 is 0. The maximum absolute atomic E-state index is 12.0. The molecule has 6 heteroatoms. The third-order valence-electron chi connectivity index (χ3n) is 4.50. The van der Waals surface area contributed by atoms with Gasteiger partial charge in [0.25, 0.3) is 5.91 Å². The largest absolute Gasteiger partial charge is 0.476 e. The van der Waals surface area contributed by atoms with Gasteiger partial charge in [-0.3, -0.25) is 4.79 Å². The molecule has 1 saturated heterocycles. The minimum Gasteiger partial charge on any atom is -0.476 e. The molecule has 0 unspecified atom stereocenters. The molecule has 0 aliphatic carbocycles. The number of rotatable bonds is 4. The van der Waals surface area contributed by atoms with Crippen LogP contribution in [0.2, 0.25) is 0 Å². The number of carbonyl (C=O) groups excluding carboxylic acids is 1. The maximum Gasteiger partial charge on any atom is 0.266 e. The summed E-state index contributed by atoms with van der Waals surface area (Å²) in [6.45, 7) is 9.29. The van der Waals surface area contributed by atoms with Gasteiger partial charge in [0.15, 0.2) is 17.7 Å². The quantitative estimate of drug-likeness (QED) is 0.600. The molecule has 3 rings (SSSR count). The SMILES string of the molecule is CC[NH+]1CC[NH+](CC[C@@H]2Oc3cccnc3NC2=O)CC1. The average molecular weight is 292 g/mol. The molecule has 1 aromatic rings. The van der Waals surface area contributed by atoms with Crippen LogP contribution < -0.4 is 19.9 Å². The number of quaternary nitrogens is 2. The molecular weight excluding hydrogens is 268 g/mol. The maximum atomic E-state index is 12.0. The number of amides is 1. The summed E-state index contributed by atoms with van der Waals surface area (Å²) in [5.74, 6) is 1.14. The molecule has 2 aliphatic rings. The third kappa shape index (κ3) is 3.33. The van der Waals surface area contributed by atoms with Crippen molar-refractivity contribution in [2.45, 2.75) is 19.4 Å². The molecule has 3 N–H and O–H groups in total. The van der Waals surface area contributed by atoms with Crippen LogP contribution >= 0.6 is 0 Å². The van der Waals surface area contributed by atoms with Crippen LogP contribution in [0.4, 0.5) is 5.82 Å². The molecule has 0 bridgehead atoms. The van der Waals surface area contributed by atoms with Gasteiger partial charge in [0.05, 0.1) is 13.1 Å². The van der Waals surface area contributed by atoms with E-state index in [2.05, 4.69) is 17.2 Å². The highest BCUT2D eigenvalue weighted by atomic mass is 16.5. The summed E-state index contributed by atoms with van der Waals surface area (Å²) in [7, 11) is 0. The lowest BCUT2D eigenvalue weighted by Gasteiger charge is -2.30. The monoisotopic (exact) mass is 292 g/mol. The molecule has 6 nitrogen and oxygen atoms in total. The number of piperazine rings is 1. The lowest BCUT2D eigenvalue weighted by Crippen LogP contribution is -3.28. The van der Waals surface area contributed by atoms with Gasteiger partial charge in [0.2, 0.25) is 0 Å². The number of fused-ring (bicyclic) bond motifs is 1. The minimum absolute atomic E-state index is 0.0709. The normalized spacial score (nSPS) is 28.4. The highest BCUT2D eigenvalue weighted by Gasteiger charge is 2.30. The number of carbonyl (C=O) groups is 1. The molecule has 1 fully saturated rings. The lowest BCUT2D eigenvalue weighted by molar-refractivity contribution is -1.01. The van der Waals surface area contributed by atoms with Gasteiger partial charge in [-0.1, -0.05) is 0 Å². The molecule has 3 heterocycles. The van der Waals surface area contributed by atoms with E-state index in [-0.39, 0.29) is 12.0 Å². The number of nitrogens with zero attached hydrogens (tertiary/aromatic N) is 1. The predicted molar refractivity (Wildman–Crippen MR) is 78.7 cm³/mol. The predicted octanol–water partition coefficient (Wildman–Crippen LogP) is -2.03. The van der Waals surface area contributed by atoms with Crippen LogP contribution in [0, 0.1) is 0 Å². The van der Waals surface area contributed by atoms with Crippen LogP contribution in [0.5, 0.6) is 5.75 Å². The third-order valence-corrected chi connectivity index (χ3v) is 4.50. The average Bonchev–Trinajstić information content (AvgIpc) is 2.53. The van der Waals surface area contributed by atoms with E-state index in [0.29, 0.717) is 11.6 Å². The second-order valence-corrected chi connectivity index (χ2v) is 5.84. The summed E-state index contributed by atoms with van der Waals surface area (Å²) in [5.41, 5.74) is 0. The Kier molecular flexibility index (Phi) is 4.36. The fraction of sp³-hybridized carbons (Fsp3) is 0.600. The van der Waals surface area contributed by atoms with Gasteiger partial charge < -0.3 is 19.9 Å². The molecule has 0 spiro atoms. The van der Waals surface area contributed by atoms with Gasteiger partial charge in [-0.25, -0.2) is 4.98 Å². The van der Waals surface area contributed by atoms with Crippen molar-refractivity contribution in [2.75, 3.05) is 44.6 Å². The highest BCUT2D eigenvalue weighted by Crippen LogP contribution is 2.26. The van der Waals surface area contributed by atoms with E-state index in [4.69, 9.17) is 4.74 Å². The van der Waals surface area contributed by atoms with Crippen molar-refractivity contribution >= 4 is 11.7 Å². The second kappa shape index (κ2) is 6.41. The van der Waals surface area contributed by atoms with Crippen LogP contribution in [-0.2, 0) is 4.79 Å². The van der Waals surface area contributed by atoms with Gasteiger partial charge in [0.1, 0.15) is 26.2 Å². The Morgan fingerprint density at radius 3 is 2.86 bits per heavy atom. The first-order chi connectivity index (χ1) is 10.3. The fourth-order valence-corrected chi connectivity index (χ4v) is 3.07. The van der Waals surface area contributed by atoms with E-state index in [9.17, 15) is 4.79 Å². The Hall–Kier alpha value is -1.66. The molecule has 114 valence electrons. The van der Waals surface area contributed by atoms with Crippen molar-refractivity contribution in [3.63, 3.8) is 0 Å². The lowest BCUT2D eigenvalue weighted by atomic mass is 10.2. The topological polar surface area (TPSA) is 60.1 Å². The first kappa shape index (κ1) is 14.3. The number of likely N-dealkylation sites (N-methyl/N-ethyl adjacent to an activating group) is 1. The van der Waals surface area contributed by atoms with Crippen molar-refractivity contribution in [3.05, 3.63) is 18.3 Å². The highest BCUT2D eigenvalue weighted by molar-refractivity contribution is 5.96. The first-order valence-corrected chi connectivity index (χ1v) is 7.86. The van der Waals surface area contributed by atoms with E-state index in [1.807, 2.05) is 12.1 Å². The second-order valence-electron chi connectivity index (χ2n) is 5.84. The van der Waals surface area contributed by atoms with Crippen molar-refractivity contribution < 1.29 is 19.3 Å². The van der Waals surface area contributed by atoms with Crippen molar-refractivity contribution in [1.29, 1.82) is 0 Å². The number of ether oxygens (including phenoxy) is 1. The van der Waals surface area contributed by atoms with E-state index in [1.165, 1.54) is 32.7 Å². The molecule has 21 heavy (non-hydrogen) atoms. The zero-order chi connectivity index (χ0) is 14.7. The Bertz CT molecular complexity index is 500. The number of pyridine rings is 1. The van der Waals surface area contributed by atoms with E-state index < -0.39 is 0 Å². The summed E-state index contributed by atoms with van der Waals surface area (Å²) in [6, 6.07) is 3.68. The molecule has 1 atom stereocenters. The molecular formula is C15H24N4O2+2. The zero-order valence-electron chi connectivity index (χ0n) is 12.5. The van der Waals surface area contributed by atoms with Crippen LogP contribution in [0.25, 0.3) is 0 Å². The Labute approximate surface area is 125 Å². The summed E-state index contributed by atoms with van der Waals surface area (Å²) < 4.78 is 5.78. The Balaban J connectivity index is 1.51. The first-order valence-electron chi connectivity index (χ1n) is 7.86. The van der Waals surface area contributed by atoms with Gasteiger partial charge in [-0.2, -0.15) is 0 Å². The summed E-state index contributed by atoms with van der Waals surface area (Å²) in [5, 5.41) is 2.83. The number of nitrogens with one attached hydrogen (secondary N) is 3. The summed E-state index contributed by atoms with van der Waals surface area (Å²) in [4.78, 5) is 19.4. The molecule has 1 amide bonds. The van der Waals surface area contributed by atoms with Gasteiger partial charge >= 0.3 is 0 Å². The van der Waals surface area contributed by atoms with Crippen molar-refractivity contribution in [2.24, 2.45) is 0 Å². The number of anilines is 1. The van der Waals surface area contributed by atoms with Crippen LogP contribution in [0.1, 0.15) is 13.3 Å². The van der Waals surface area contributed by atoms with Crippen molar-refractivity contribution in [3.8, 4) is 5.75 Å². The van der Waals surface area contributed by atoms with Gasteiger partial charge in [-0.05, 0) is 19.1 Å². The molecule has 1 aromatic heterocycles. The van der Waals surface area contributed by atoms with Gasteiger partial charge in [-0.15, -0.1) is 0 Å². The van der Waals surface area contributed by atoms with Crippen LogP contribution in [0.3, 0.4) is 0 Å². The number of hydrogen-bond acceptors (Lipinski definition) is 3. The molecule has 0 saturated carbocycles. The van der Waals surface area contributed by atoms with Gasteiger partial charge in [0, 0.05) is 12.6 Å². The van der Waals surface area contributed by atoms with E-state index in [0.717, 1.165) is 13.0 Å². The number of hydrogen-bond donors (Lipinski definition) is 3. The van der Waals surface area contributed by atoms with E-state index >= 15 is 0 Å². The van der Waals surface area contributed by atoms with E-state index in [1.54, 1.807) is 16.0 Å².